The fraction of sp³-hybridized carbons (Fsp3) is 0.667. The van der Waals surface area contributed by atoms with Crippen LogP contribution in [0.5, 0.6) is 0 Å². The molecule has 0 bridgehead atoms. The lowest BCUT2D eigenvalue weighted by molar-refractivity contribution is 0.218. The first-order valence-corrected chi connectivity index (χ1v) is 8.32. The van der Waals surface area contributed by atoms with E-state index < -0.39 is 0 Å². The zero-order chi connectivity index (χ0) is 15.5. The molecule has 0 radical (unpaired) electrons. The van der Waals surface area contributed by atoms with Crippen molar-refractivity contribution in [2.24, 2.45) is 0 Å². The van der Waals surface area contributed by atoms with Crippen LogP contribution in [0.3, 0.4) is 0 Å². The van der Waals surface area contributed by atoms with Crippen molar-refractivity contribution in [1.29, 1.82) is 0 Å². The van der Waals surface area contributed by atoms with E-state index in [1.807, 2.05) is 0 Å². The first-order valence-electron chi connectivity index (χ1n) is 8.32. The third-order valence-corrected chi connectivity index (χ3v) is 3.69. The van der Waals surface area contributed by atoms with Crippen LogP contribution < -0.4 is 5.32 Å². The first-order chi connectivity index (χ1) is 10.2. The van der Waals surface area contributed by atoms with Gasteiger partial charge in [0.2, 0.25) is 0 Å². The highest BCUT2D eigenvalue weighted by Gasteiger charge is 2.15. The van der Waals surface area contributed by atoms with E-state index in [-0.39, 0.29) is 0 Å². The van der Waals surface area contributed by atoms with Crippen LogP contribution in [0.1, 0.15) is 38.3 Å². The largest absolute Gasteiger partial charge is 0.309 e. The van der Waals surface area contributed by atoms with Gasteiger partial charge in [-0.05, 0) is 45.6 Å². The average molecular weight is 291 g/mol. The smallest absolute Gasteiger partial charge is 0.0449 e. The van der Waals surface area contributed by atoms with Gasteiger partial charge in [0.05, 0.1) is 0 Å². The van der Waals surface area contributed by atoms with Crippen molar-refractivity contribution in [2.75, 3.05) is 46.8 Å². The van der Waals surface area contributed by atoms with Crippen molar-refractivity contribution in [2.45, 2.75) is 32.7 Å². The first kappa shape index (κ1) is 18.1. The summed E-state index contributed by atoms with van der Waals surface area (Å²) >= 11 is 0. The molecule has 1 aromatic carbocycles. The lowest BCUT2D eigenvalue weighted by Gasteiger charge is -2.29. The van der Waals surface area contributed by atoms with Crippen LogP contribution in [0.25, 0.3) is 0 Å². The molecule has 0 amide bonds. The number of nitrogens with zero attached hydrogens (tertiary/aromatic N) is 2. The lowest BCUT2D eigenvalue weighted by atomic mass is 10.1. The molecule has 0 fully saturated rings. The Morgan fingerprint density at radius 3 is 2.24 bits per heavy atom. The number of hydrogen-bond acceptors (Lipinski definition) is 3. The molecule has 1 atom stereocenters. The predicted octanol–water partition coefficient (Wildman–Crippen LogP) is 3.00. The van der Waals surface area contributed by atoms with Crippen molar-refractivity contribution in [3.05, 3.63) is 35.9 Å². The molecule has 3 nitrogen and oxygen atoms in total. The van der Waals surface area contributed by atoms with Crippen molar-refractivity contribution >= 4 is 0 Å². The second-order valence-electron chi connectivity index (χ2n) is 6.02. The number of likely N-dealkylation sites (N-methyl/N-ethyl adjacent to an activating group) is 1. The average Bonchev–Trinajstić information content (AvgIpc) is 2.49. The van der Waals surface area contributed by atoms with E-state index in [0.717, 1.165) is 26.2 Å². The van der Waals surface area contributed by atoms with Crippen LogP contribution in [0.2, 0.25) is 0 Å². The molecule has 0 aliphatic rings. The Bertz CT molecular complexity index is 351. The molecule has 0 saturated heterocycles. The summed E-state index contributed by atoms with van der Waals surface area (Å²) in [6.07, 6.45) is 2.39. The zero-order valence-corrected chi connectivity index (χ0v) is 14.3. The molecular weight excluding hydrogens is 258 g/mol. The van der Waals surface area contributed by atoms with Gasteiger partial charge in [-0.1, -0.05) is 44.2 Å². The number of benzene rings is 1. The molecule has 0 aromatic heterocycles. The highest BCUT2D eigenvalue weighted by Crippen LogP contribution is 2.14. The van der Waals surface area contributed by atoms with Crippen LogP contribution >= 0.6 is 0 Å². The second kappa shape index (κ2) is 10.8. The minimum atomic E-state index is 0.430. The quantitative estimate of drug-likeness (QED) is 0.676. The van der Waals surface area contributed by atoms with Gasteiger partial charge in [0.15, 0.2) is 0 Å². The molecule has 0 spiro atoms. The summed E-state index contributed by atoms with van der Waals surface area (Å²) in [5.41, 5.74) is 1.40. The summed E-state index contributed by atoms with van der Waals surface area (Å²) in [4.78, 5) is 4.85. The summed E-state index contributed by atoms with van der Waals surface area (Å²) in [5.74, 6) is 0. The van der Waals surface area contributed by atoms with Crippen molar-refractivity contribution in [1.82, 2.24) is 15.1 Å². The third-order valence-electron chi connectivity index (χ3n) is 3.69. The molecule has 120 valence electrons. The van der Waals surface area contributed by atoms with E-state index >= 15 is 0 Å². The number of hydrogen-bond donors (Lipinski definition) is 1. The van der Waals surface area contributed by atoms with Crippen molar-refractivity contribution < 1.29 is 0 Å². The Labute approximate surface area is 131 Å². The highest BCUT2D eigenvalue weighted by molar-refractivity contribution is 5.19. The van der Waals surface area contributed by atoms with Crippen LogP contribution in [0.4, 0.5) is 0 Å². The van der Waals surface area contributed by atoms with Crippen LogP contribution in [-0.2, 0) is 0 Å². The monoisotopic (exact) mass is 291 g/mol. The summed E-state index contributed by atoms with van der Waals surface area (Å²) in [6.45, 7) is 10.1. The topological polar surface area (TPSA) is 18.5 Å². The van der Waals surface area contributed by atoms with E-state index in [1.165, 1.54) is 24.9 Å². The van der Waals surface area contributed by atoms with Gasteiger partial charge in [0, 0.05) is 25.7 Å². The Kier molecular flexibility index (Phi) is 9.31. The standard InChI is InChI=1S/C18H33N3/c1-5-12-19-18(17-10-8-7-9-11-17)16-21(13-6-2)15-14-20(3)4/h7-11,18-19H,5-6,12-16H2,1-4H3. The van der Waals surface area contributed by atoms with Gasteiger partial charge in [-0.3, -0.25) is 0 Å². The Morgan fingerprint density at radius 1 is 0.952 bits per heavy atom. The number of nitrogens with one attached hydrogen (secondary N) is 1. The summed E-state index contributed by atoms with van der Waals surface area (Å²) in [6, 6.07) is 11.3. The van der Waals surface area contributed by atoms with Crippen LogP contribution in [-0.4, -0.2) is 56.6 Å². The minimum Gasteiger partial charge on any atom is -0.309 e. The lowest BCUT2D eigenvalue weighted by Crippen LogP contribution is -2.39. The zero-order valence-electron chi connectivity index (χ0n) is 14.3. The van der Waals surface area contributed by atoms with E-state index in [1.54, 1.807) is 0 Å². The summed E-state index contributed by atoms with van der Waals surface area (Å²) in [5, 5.41) is 3.71. The van der Waals surface area contributed by atoms with Gasteiger partial charge in [-0.2, -0.15) is 0 Å². The maximum absolute atomic E-state index is 3.71. The molecule has 0 aliphatic carbocycles. The maximum Gasteiger partial charge on any atom is 0.0449 e. The van der Waals surface area contributed by atoms with E-state index in [4.69, 9.17) is 0 Å². The van der Waals surface area contributed by atoms with Gasteiger partial charge < -0.3 is 15.1 Å². The Balaban J connectivity index is 2.67. The third kappa shape index (κ3) is 7.60. The van der Waals surface area contributed by atoms with E-state index in [2.05, 4.69) is 73.4 Å². The van der Waals surface area contributed by atoms with Crippen LogP contribution in [0, 0.1) is 0 Å². The predicted molar refractivity (Wildman–Crippen MR) is 92.8 cm³/mol. The minimum absolute atomic E-state index is 0.430. The number of rotatable bonds is 11. The molecule has 21 heavy (non-hydrogen) atoms. The maximum atomic E-state index is 3.71. The molecule has 1 rings (SSSR count). The Hall–Kier alpha value is -0.900. The van der Waals surface area contributed by atoms with Gasteiger partial charge >= 0.3 is 0 Å². The fourth-order valence-electron chi connectivity index (χ4n) is 2.50. The van der Waals surface area contributed by atoms with Gasteiger partial charge in [-0.15, -0.1) is 0 Å². The van der Waals surface area contributed by atoms with Gasteiger partial charge in [0.25, 0.3) is 0 Å². The van der Waals surface area contributed by atoms with E-state index in [0.29, 0.717) is 6.04 Å². The molecule has 1 aromatic rings. The SMILES string of the molecule is CCCNC(CN(CCC)CCN(C)C)c1ccccc1. The molecule has 1 unspecified atom stereocenters. The molecule has 0 aliphatic heterocycles. The Morgan fingerprint density at radius 2 is 1.67 bits per heavy atom. The molecular formula is C18H33N3. The molecule has 3 heteroatoms. The van der Waals surface area contributed by atoms with Crippen molar-refractivity contribution in [3.63, 3.8) is 0 Å². The van der Waals surface area contributed by atoms with Crippen LogP contribution in [0.15, 0.2) is 30.3 Å². The van der Waals surface area contributed by atoms with Gasteiger partial charge in [0.1, 0.15) is 0 Å². The highest BCUT2D eigenvalue weighted by atomic mass is 15.2. The van der Waals surface area contributed by atoms with Gasteiger partial charge in [-0.25, -0.2) is 0 Å². The normalized spacial score (nSPS) is 13.0. The molecule has 0 heterocycles. The van der Waals surface area contributed by atoms with E-state index in [9.17, 15) is 0 Å². The second-order valence-corrected chi connectivity index (χ2v) is 6.02. The summed E-state index contributed by atoms with van der Waals surface area (Å²) < 4.78 is 0. The molecule has 0 saturated carbocycles. The molecule has 1 N–H and O–H groups in total. The van der Waals surface area contributed by atoms with Crippen molar-refractivity contribution in [3.8, 4) is 0 Å². The fourth-order valence-corrected chi connectivity index (χ4v) is 2.50. The summed E-state index contributed by atoms with van der Waals surface area (Å²) in [7, 11) is 4.29.